The fraction of sp³-hybridized carbons (Fsp3) is 0.154. The van der Waals surface area contributed by atoms with Gasteiger partial charge in [0.05, 0.1) is 23.9 Å². The first-order chi connectivity index (χ1) is 10.1. The van der Waals surface area contributed by atoms with Crippen molar-refractivity contribution in [3.63, 3.8) is 0 Å². The zero-order chi connectivity index (χ0) is 14.8. The third-order valence-corrected chi connectivity index (χ3v) is 2.86. The van der Waals surface area contributed by atoms with E-state index < -0.39 is 0 Å². The Bertz CT molecular complexity index is 866. The third-order valence-electron chi connectivity index (χ3n) is 2.86. The largest absolute Gasteiger partial charge is 0.463 e. The predicted molar refractivity (Wildman–Crippen MR) is 77.4 cm³/mol. The highest BCUT2D eigenvalue weighted by atomic mass is 16.3. The van der Waals surface area contributed by atoms with Crippen LogP contribution >= 0.6 is 0 Å². The molecule has 0 unspecified atom stereocenters. The van der Waals surface area contributed by atoms with E-state index in [-0.39, 0.29) is 22.7 Å². The van der Waals surface area contributed by atoms with Gasteiger partial charge in [0, 0.05) is 0 Å². The van der Waals surface area contributed by atoms with E-state index in [1.165, 1.54) is 12.5 Å². The Kier molecular flexibility index (Phi) is 3.19. The van der Waals surface area contributed by atoms with Gasteiger partial charge in [0.25, 0.3) is 5.56 Å². The number of hydrazone groups is 1. The minimum Gasteiger partial charge on any atom is -0.463 e. The SMILES string of the molecule is Cc1nc2nc(N/N=C/c3ccco3)[nH]c(=O)c2nc1C. The van der Waals surface area contributed by atoms with E-state index in [0.717, 1.165) is 5.69 Å². The van der Waals surface area contributed by atoms with Crippen LogP contribution in [-0.4, -0.2) is 26.2 Å². The number of nitrogens with zero attached hydrogens (tertiary/aromatic N) is 4. The molecule has 8 nitrogen and oxygen atoms in total. The highest BCUT2D eigenvalue weighted by molar-refractivity contribution is 5.76. The molecule has 2 N–H and O–H groups in total. The van der Waals surface area contributed by atoms with Gasteiger partial charge < -0.3 is 4.42 Å². The number of anilines is 1. The molecular formula is C13H12N6O2. The molecule has 21 heavy (non-hydrogen) atoms. The molecule has 0 saturated heterocycles. The lowest BCUT2D eigenvalue weighted by molar-refractivity contribution is 0.560. The second kappa shape index (κ2) is 5.16. The first-order valence-electron chi connectivity index (χ1n) is 6.21. The van der Waals surface area contributed by atoms with E-state index >= 15 is 0 Å². The standard InChI is InChI=1S/C13H12N6O2/c1-7-8(2)16-11-10(15-7)12(20)18-13(17-11)19-14-6-9-4-3-5-21-9/h3-6H,1-2H3,(H2,16,17,18,19,20)/b14-6+. The van der Waals surface area contributed by atoms with Gasteiger partial charge in [-0.25, -0.2) is 15.4 Å². The summed E-state index contributed by atoms with van der Waals surface area (Å²) in [6, 6.07) is 3.50. The molecule has 0 bridgehead atoms. The van der Waals surface area contributed by atoms with Gasteiger partial charge in [0.1, 0.15) is 5.76 Å². The van der Waals surface area contributed by atoms with Gasteiger partial charge >= 0.3 is 0 Å². The Morgan fingerprint density at radius 3 is 2.86 bits per heavy atom. The summed E-state index contributed by atoms with van der Waals surface area (Å²) >= 11 is 0. The predicted octanol–water partition coefficient (Wildman–Crippen LogP) is 1.37. The maximum atomic E-state index is 11.9. The summed E-state index contributed by atoms with van der Waals surface area (Å²) in [7, 11) is 0. The average molecular weight is 284 g/mol. The van der Waals surface area contributed by atoms with Gasteiger partial charge in [-0.2, -0.15) is 10.1 Å². The van der Waals surface area contributed by atoms with Crippen molar-refractivity contribution in [3.8, 4) is 0 Å². The number of aromatic nitrogens is 4. The number of H-pyrrole nitrogens is 1. The number of aromatic amines is 1. The van der Waals surface area contributed by atoms with E-state index in [4.69, 9.17) is 4.42 Å². The molecule has 0 aliphatic heterocycles. The van der Waals surface area contributed by atoms with Crippen molar-refractivity contribution in [2.24, 2.45) is 5.10 Å². The number of hydrogen-bond donors (Lipinski definition) is 2. The zero-order valence-electron chi connectivity index (χ0n) is 11.4. The van der Waals surface area contributed by atoms with Crippen LogP contribution in [0.4, 0.5) is 5.95 Å². The van der Waals surface area contributed by atoms with Gasteiger partial charge in [-0.05, 0) is 26.0 Å². The van der Waals surface area contributed by atoms with Crippen LogP contribution in [0.3, 0.4) is 0 Å². The zero-order valence-corrected chi connectivity index (χ0v) is 11.4. The molecule has 0 fully saturated rings. The summed E-state index contributed by atoms with van der Waals surface area (Å²) in [4.78, 5) is 27.1. The van der Waals surface area contributed by atoms with E-state index in [1.54, 1.807) is 19.1 Å². The molecule has 3 aromatic heterocycles. The highest BCUT2D eigenvalue weighted by Crippen LogP contribution is 2.07. The molecule has 3 rings (SSSR count). The van der Waals surface area contributed by atoms with Crippen molar-refractivity contribution >= 4 is 23.3 Å². The summed E-state index contributed by atoms with van der Waals surface area (Å²) in [5, 5.41) is 3.92. The number of hydrogen-bond acceptors (Lipinski definition) is 7. The Hall–Kier alpha value is -3.03. The molecule has 0 saturated carbocycles. The summed E-state index contributed by atoms with van der Waals surface area (Å²) < 4.78 is 5.09. The Morgan fingerprint density at radius 1 is 1.29 bits per heavy atom. The second-order valence-electron chi connectivity index (χ2n) is 4.37. The first-order valence-corrected chi connectivity index (χ1v) is 6.21. The number of nitrogens with one attached hydrogen (secondary N) is 2. The molecule has 0 aliphatic carbocycles. The van der Waals surface area contributed by atoms with Gasteiger partial charge in [-0.3, -0.25) is 9.78 Å². The van der Waals surface area contributed by atoms with Crippen LogP contribution in [0.2, 0.25) is 0 Å². The quantitative estimate of drug-likeness (QED) is 0.555. The van der Waals surface area contributed by atoms with E-state index in [2.05, 4.69) is 30.5 Å². The lowest BCUT2D eigenvalue weighted by atomic mass is 10.3. The molecule has 3 heterocycles. The minimum absolute atomic E-state index is 0.188. The Labute approximate surface area is 119 Å². The van der Waals surface area contributed by atoms with Crippen LogP contribution in [0.5, 0.6) is 0 Å². The van der Waals surface area contributed by atoms with Crippen molar-refractivity contribution in [1.82, 2.24) is 19.9 Å². The molecule has 0 radical (unpaired) electrons. The van der Waals surface area contributed by atoms with Gasteiger partial charge in [-0.1, -0.05) is 0 Å². The van der Waals surface area contributed by atoms with Crippen LogP contribution in [0.1, 0.15) is 17.1 Å². The molecule has 0 spiro atoms. The summed E-state index contributed by atoms with van der Waals surface area (Å²) in [5.41, 5.74) is 4.17. The molecule has 0 aromatic carbocycles. The Balaban J connectivity index is 1.93. The van der Waals surface area contributed by atoms with Crippen LogP contribution in [0.15, 0.2) is 32.7 Å². The number of aryl methyl sites for hydroxylation is 2. The maximum absolute atomic E-state index is 11.9. The van der Waals surface area contributed by atoms with Gasteiger partial charge in [0.2, 0.25) is 5.95 Å². The highest BCUT2D eigenvalue weighted by Gasteiger charge is 2.08. The van der Waals surface area contributed by atoms with E-state index in [9.17, 15) is 4.79 Å². The molecule has 0 atom stereocenters. The van der Waals surface area contributed by atoms with E-state index in [0.29, 0.717) is 11.5 Å². The van der Waals surface area contributed by atoms with Gasteiger partial charge in [0.15, 0.2) is 11.2 Å². The molecular weight excluding hydrogens is 272 g/mol. The van der Waals surface area contributed by atoms with Crippen LogP contribution in [0, 0.1) is 13.8 Å². The van der Waals surface area contributed by atoms with Crippen LogP contribution in [-0.2, 0) is 0 Å². The normalized spacial score (nSPS) is 11.3. The van der Waals surface area contributed by atoms with Gasteiger partial charge in [-0.15, -0.1) is 0 Å². The molecule has 3 aromatic rings. The smallest absolute Gasteiger partial charge is 0.280 e. The number of fused-ring (bicyclic) bond motifs is 1. The molecule has 106 valence electrons. The van der Waals surface area contributed by atoms with E-state index in [1.807, 2.05) is 6.92 Å². The fourth-order valence-electron chi connectivity index (χ4n) is 1.70. The van der Waals surface area contributed by atoms with Crippen LogP contribution < -0.4 is 11.0 Å². The number of rotatable bonds is 3. The first kappa shape index (κ1) is 13.0. The summed E-state index contributed by atoms with van der Waals surface area (Å²) in [5.74, 6) is 0.768. The minimum atomic E-state index is -0.369. The Morgan fingerprint density at radius 2 is 2.10 bits per heavy atom. The van der Waals surface area contributed by atoms with Crippen LogP contribution in [0.25, 0.3) is 11.2 Å². The lowest BCUT2D eigenvalue weighted by Gasteiger charge is -2.03. The second-order valence-corrected chi connectivity index (χ2v) is 4.37. The summed E-state index contributed by atoms with van der Waals surface area (Å²) in [6.07, 6.45) is 3.01. The monoisotopic (exact) mass is 284 g/mol. The van der Waals surface area contributed by atoms with Crippen molar-refractivity contribution in [1.29, 1.82) is 0 Å². The molecule has 8 heteroatoms. The van der Waals surface area contributed by atoms with Crippen molar-refractivity contribution in [3.05, 3.63) is 45.9 Å². The topological polar surface area (TPSA) is 109 Å². The van der Waals surface area contributed by atoms with Crippen molar-refractivity contribution in [2.45, 2.75) is 13.8 Å². The fourth-order valence-corrected chi connectivity index (χ4v) is 1.70. The molecule has 0 aliphatic rings. The lowest BCUT2D eigenvalue weighted by Crippen LogP contribution is -2.14. The number of furan rings is 1. The molecule has 0 amide bonds. The maximum Gasteiger partial charge on any atom is 0.280 e. The summed E-state index contributed by atoms with van der Waals surface area (Å²) in [6.45, 7) is 3.60. The van der Waals surface area contributed by atoms with Crippen molar-refractivity contribution < 1.29 is 4.42 Å². The van der Waals surface area contributed by atoms with Crippen molar-refractivity contribution in [2.75, 3.05) is 5.43 Å². The third kappa shape index (κ3) is 2.64. The average Bonchev–Trinajstić information content (AvgIpc) is 2.94.